The van der Waals surface area contributed by atoms with Crippen molar-refractivity contribution in [2.45, 2.75) is 26.3 Å². The molecule has 0 saturated carbocycles. The van der Waals surface area contributed by atoms with Crippen LogP contribution >= 0.6 is 0 Å². The zero-order chi connectivity index (χ0) is 16.4. The lowest BCUT2D eigenvalue weighted by atomic mass is 10.2. The van der Waals surface area contributed by atoms with Crippen molar-refractivity contribution in [2.24, 2.45) is 0 Å². The molecule has 0 aliphatic heterocycles. The molecule has 4 heterocycles. The van der Waals surface area contributed by atoms with Crippen LogP contribution in [0.25, 0.3) is 17.2 Å². The minimum Gasteiger partial charge on any atom is -0.324 e. The Kier molecular flexibility index (Phi) is 3.78. The third-order valence-corrected chi connectivity index (χ3v) is 4.05. The van der Waals surface area contributed by atoms with Crippen molar-refractivity contribution in [3.63, 3.8) is 0 Å². The maximum absolute atomic E-state index is 4.65. The molecule has 0 amide bonds. The quantitative estimate of drug-likeness (QED) is 0.567. The van der Waals surface area contributed by atoms with Crippen molar-refractivity contribution in [1.29, 1.82) is 0 Å². The summed E-state index contributed by atoms with van der Waals surface area (Å²) in [5.41, 5.74) is 3.99. The SMILES string of the molecule is CCCc1c(Cn2ccnc2-c2ccccn2)ncc2nccn12. The molecular weight excluding hydrogens is 300 g/mol. The van der Waals surface area contributed by atoms with Gasteiger partial charge in [0.25, 0.3) is 0 Å². The van der Waals surface area contributed by atoms with Gasteiger partial charge in [-0.15, -0.1) is 0 Å². The largest absolute Gasteiger partial charge is 0.324 e. The van der Waals surface area contributed by atoms with Gasteiger partial charge in [-0.3, -0.25) is 9.97 Å². The van der Waals surface area contributed by atoms with E-state index in [4.69, 9.17) is 0 Å². The summed E-state index contributed by atoms with van der Waals surface area (Å²) in [5, 5.41) is 0. The number of nitrogens with zero attached hydrogens (tertiary/aromatic N) is 6. The number of pyridine rings is 1. The molecule has 0 N–H and O–H groups in total. The summed E-state index contributed by atoms with van der Waals surface area (Å²) >= 11 is 0. The molecule has 24 heavy (non-hydrogen) atoms. The molecule has 0 unspecified atom stereocenters. The molecule has 0 aromatic carbocycles. The van der Waals surface area contributed by atoms with E-state index in [-0.39, 0.29) is 0 Å². The molecule has 0 aliphatic carbocycles. The summed E-state index contributed by atoms with van der Waals surface area (Å²) < 4.78 is 4.22. The Morgan fingerprint density at radius 3 is 2.71 bits per heavy atom. The van der Waals surface area contributed by atoms with Gasteiger partial charge in [-0.2, -0.15) is 0 Å². The van der Waals surface area contributed by atoms with Crippen LogP contribution in [-0.4, -0.2) is 28.9 Å². The molecule has 6 heteroatoms. The van der Waals surface area contributed by atoms with Gasteiger partial charge >= 0.3 is 0 Å². The molecule has 120 valence electrons. The van der Waals surface area contributed by atoms with Crippen molar-refractivity contribution >= 4 is 5.65 Å². The van der Waals surface area contributed by atoms with Crippen LogP contribution in [0.5, 0.6) is 0 Å². The van der Waals surface area contributed by atoms with Crippen molar-refractivity contribution in [2.75, 3.05) is 0 Å². The molecule has 0 radical (unpaired) electrons. The zero-order valence-electron chi connectivity index (χ0n) is 13.5. The molecule has 0 aliphatic rings. The van der Waals surface area contributed by atoms with Gasteiger partial charge in [-0.25, -0.2) is 9.97 Å². The van der Waals surface area contributed by atoms with Gasteiger partial charge in [-0.05, 0) is 18.6 Å². The first-order valence-electron chi connectivity index (χ1n) is 8.09. The third-order valence-electron chi connectivity index (χ3n) is 4.05. The van der Waals surface area contributed by atoms with Crippen LogP contribution in [0.15, 0.2) is 55.4 Å². The van der Waals surface area contributed by atoms with E-state index in [1.54, 1.807) is 12.4 Å². The highest BCUT2D eigenvalue weighted by molar-refractivity contribution is 5.49. The molecule has 0 spiro atoms. The summed E-state index contributed by atoms with van der Waals surface area (Å²) in [5.74, 6) is 0.852. The minimum absolute atomic E-state index is 0.662. The Hall–Kier alpha value is -3.02. The predicted molar refractivity (Wildman–Crippen MR) is 91.5 cm³/mol. The van der Waals surface area contributed by atoms with E-state index in [1.165, 1.54) is 5.69 Å². The molecule has 4 aromatic heterocycles. The fourth-order valence-corrected chi connectivity index (χ4v) is 2.95. The van der Waals surface area contributed by atoms with E-state index < -0.39 is 0 Å². The maximum Gasteiger partial charge on any atom is 0.158 e. The molecule has 4 aromatic rings. The Morgan fingerprint density at radius 1 is 0.958 bits per heavy atom. The Morgan fingerprint density at radius 2 is 1.88 bits per heavy atom. The smallest absolute Gasteiger partial charge is 0.158 e. The topological polar surface area (TPSA) is 60.9 Å². The summed E-state index contributed by atoms with van der Waals surface area (Å²) in [6, 6.07) is 5.85. The molecule has 0 fully saturated rings. The highest BCUT2D eigenvalue weighted by Gasteiger charge is 2.13. The lowest BCUT2D eigenvalue weighted by Gasteiger charge is -2.13. The highest BCUT2D eigenvalue weighted by Crippen LogP contribution is 2.18. The van der Waals surface area contributed by atoms with Crippen LogP contribution in [0.4, 0.5) is 0 Å². The number of rotatable bonds is 5. The Labute approximate surface area is 139 Å². The normalized spacial score (nSPS) is 11.2. The average molecular weight is 318 g/mol. The van der Waals surface area contributed by atoms with E-state index in [0.717, 1.165) is 35.7 Å². The van der Waals surface area contributed by atoms with E-state index in [1.807, 2.05) is 43.0 Å². The number of fused-ring (bicyclic) bond motifs is 1. The number of imidazole rings is 2. The van der Waals surface area contributed by atoms with E-state index in [2.05, 4.69) is 35.8 Å². The molecule has 6 nitrogen and oxygen atoms in total. The van der Waals surface area contributed by atoms with Gasteiger partial charge in [0.1, 0.15) is 5.69 Å². The van der Waals surface area contributed by atoms with Gasteiger partial charge in [0.15, 0.2) is 11.5 Å². The van der Waals surface area contributed by atoms with Crippen LogP contribution in [-0.2, 0) is 13.0 Å². The molecule has 0 saturated heterocycles. The van der Waals surface area contributed by atoms with Gasteiger partial charge in [0.05, 0.1) is 18.4 Å². The fourth-order valence-electron chi connectivity index (χ4n) is 2.95. The first-order valence-corrected chi connectivity index (χ1v) is 8.09. The van der Waals surface area contributed by atoms with Crippen LogP contribution < -0.4 is 0 Å². The summed E-state index contributed by atoms with van der Waals surface area (Å²) in [4.78, 5) is 17.9. The van der Waals surface area contributed by atoms with E-state index >= 15 is 0 Å². The van der Waals surface area contributed by atoms with Gasteiger partial charge < -0.3 is 8.97 Å². The second kappa shape index (κ2) is 6.23. The minimum atomic E-state index is 0.662. The second-order valence-electron chi connectivity index (χ2n) is 5.65. The molecular formula is C18H18N6. The van der Waals surface area contributed by atoms with Crippen LogP contribution in [0.3, 0.4) is 0 Å². The van der Waals surface area contributed by atoms with E-state index in [0.29, 0.717) is 6.54 Å². The summed E-state index contributed by atoms with van der Waals surface area (Å²) in [6.45, 7) is 2.84. The van der Waals surface area contributed by atoms with Crippen molar-refractivity contribution in [3.8, 4) is 11.5 Å². The van der Waals surface area contributed by atoms with E-state index in [9.17, 15) is 0 Å². The first-order chi connectivity index (χ1) is 11.9. The maximum atomic E-state index is 4.65. The lowest BCUT2D eigenvalue weighted by molar-refractivity contribution is 0.733. The standard InChI is InChI=1S/C18H18N6/c1-2-5-16-15(22-12-17-20-9-11-24(16)17)13-23-10-8-21-18(23)14-6-3-4-7-19-14/h3-4,6-12H,2,5,13H2,1H3. The van der Waals surface area contributed by atoms with Crippen LogP contribution in [0, 0.1) is 0 Å². The van der Waals surface area contributed by atoms with Crippen LogP contribution in [0.1, 0.15) is 24.7 Å². The molecule has 4 rings (SSSR count). The lowest BCUT2D eigenvalue weighted by Crippen LogP contribution is -2.10. The third kappa shape index (κ3) is 2.56. The Balaban J connectivity index is 1.75. The number of hydrogen-bond acceptors (Lipinski definition) is 4. The number of aryl methyl sites for hydroxylation is 1. The van der Waals surface area contributed by atoms with Gasteiger partial charge in [0.2, 0.25) is 0 Å². The first kappa shape index (κ1) is 14.6. The number of aromatic nitrogens is 6. The zero-order valence-corrected chi connectivity index (χ0v) is 13.5. The second-order valence-corrected chi connectivity index (χ2v) is 5.65. The fraction of sp³-hybridized carbons (Fsp3) is 0.222. The predicted octanol–water partition coefficient (Wildman–Crippen LogP) is 2.99. The van der Waals surface area contributed by atoms with Gasteiger partial charge in [0, 0.05) is 36.7 Å². The average Bonchev–Trinajstić information content (AvgIpc) is 3.27. The molecule has 0 atom stereocenters. The van der Waals surface area contributed by atoms with Crippen molar-refractivity contribution in [1.82, 2.24) is 28.9 Å². The van der Waals surface area contributed by atoms with Crippen molar-refractivity contribution in [3.05, 3.63) is 66.8 Å². The van der Waals surface area contributed by atoms with Gasteiger partial charge in [-0.1, -0.05) is 19.4 Å². The Bertz CT molecular complexity index is 954. The van der Waals surface area contributed by atoms with Crippen molar-refractivity contribution < 1.29 is 0 Å². The monoisotopic (exact) mass is 318 g/mol. The number of hydrogen-bond donors (Lipinski definition) is 0. The molecule has 0 bridgehead atoms. The summed E-state index contributed by atoms with van der Waals surface area (Å²) in [7, 11) is 0. The highest BCUT2D eigenvalue weighted by atomic mass is 15.1. The van der Waals surface area contributed by atoms with Crippen LogP contribution in [0.2, 0.25) is 0 Å². The summed E-state index contributed by atoms with van der Waals surface area (Å²) in [6.07, 6.45) is 13.2.